The molecule has 90 valence electrons. The van der Waals surface area contributed by atoms with Gasteiger partial charge in [-0.2, -0.15) is 0 Å². The maximum absolute atomic E-state index is 4.43. The highest BCUT2D eigenvalue weighted by molar-refractivity contribution is 7.18. The normalized spacial score (nSPS) is 18.1. The van der Waals surface area contributed by atoms with E-state index in [1.165, 1.54) is 35.1 Å². The Morgan fingerprint density at radius 1 is 1.29 bits per heavy atom. The third-order valence-corrected chi connectivity index (χ3v) is 4.96. The number of hydrogen-bond donors (Lipinski definition) is 1. The molecular formula is C13H17N3S. The smallest absolute Gasteiger partial charge is 0.138 e. The lowest BCUT2D eigenvalue weighted by Gasteiger charge is -2.39. The van der Waals surface area contributed by atoms with Gasteiger partial charge in [0, 0.05) is 10.4 Å². The molecule has 2 aromatic heterocycles. The van der Waals surface area contributed by atoms with Crippen LogP contribution in [-0.2, 0) is 0 Å². The SMILES string of the molecule is Cc1sc2ncnc(NC3(C)CCC3)c2c1C. The molecular weight excluding hydrogens is 230 g/mol. The van der Waals surface area contributed by atoms with Crippen LogP contribution in [0.3, 0.4) is 0 Å². The predicted octanol–water partition coefficient (Wildman–Crippen LogP) is 3.66. The minimum absolute atomic E-state index is 0.240. The van der Waals surface area contributed by atoms with Crippen LogP contribution in [0, 0.1) is 13.8 Å². The van der Waals surface area contributed by atoms with Gasteiger partial charge in [0.15, 0.2) is 0 Å². The number of aromatic nitrogens is 2. The van der Waals surface area contributed by atoms with Crippen molar-refractivity contribution in [3.63, 3.8) is 0 Å². The lowest BCUT2D eigenvalue weighted by Crippen LogP contribution is -2.41. The van der Waals surface area contributed by atoms with E-state index in [1.807, 2.05) is 0 Å². The molecule has 1 aliphatic carbocycles. The number of aryl methyl sites for hydroxylation is 2. The molecule has 0 bridgehead atoms. The molecule has 0 saturated heterocycles. The maximum Gasteiger partial charge on any atom is 0.138 e. The number of nitrogens with zero attached hydrogens (tertiary/aromatic N) is 2. The van der Waals surface area contributed by atoms with Crippen LogP contribution < -0.4 is 5.32 Å². The first-order valence-corrected chi connectivity index (χ1v) is 6.90. The molecule has 0 spiro atoms. The van der Waals surface area contributed by atoms with E-state index in [4.69, 9.17) is 0 Å². The molecule has 1 N–H and O–H groups in total. The van der Waals surface area contributed by atoms with Gasteiger partial charge < -0.3 is 5.32 Å². The van der Waals surface area contributed by atoms with Crippen LogP contribution in [0.25, 0.3) is 10.2 Å². The fourth-order valence-corrected chi connectivity index (χ4v) is 3.39. The molecule has 0 atom stereocenters. The Labute approximate surface area is 105 Å². The van der Waals surface area contributed by atoms with Crippen LogP contribution >= 0.6 is 11.3 Å². The third-order valence-electron chi connectivity index (χ3n) is 3.84. The average molecular weight is 247 g/mol. The van der Waals surface area contributed by atoms with Crippen molar-refractivity contribution < 1.29 is 0 Å². The van der Waals surface area contributed by atoms with Gasteiger partial charge >= 0.3 is 0 Å². The molecule has 1 aliphatic rings. The summed E-state index contributed by atoms with van der Waals surface area (Å²) in [5, 5.41) is 4.82. The summed E-state index contributed by atoms with van der Waals surface area (Å²) < 4.78 is 0. The van der Waals surface area contributed by atoms with E-state index in [9.17, 15) is 0 Å². The Kier molecular flexibility index (Phi) is 2.36. The predicted molar refractivity (Wildman–Crippen MR) is 72.8 cm³/mol. The lowest BCUT2D eigenvalue weighted by atomic mass is 9.78. The van der Waals surface area contributed by atoms with E-state index in [0.29, 0.717) is 0 Å². The van der Waals surface area contributed by atoms with Crippen molar-refractivity contribution >= 4 is 27.4 Å². The quantitative estimate of drug-likeness (QED) is 0.880. The van der Waals surface area contributed by atoms with Crippen LogP contribution in [0.2, 0.25) is 0 Å². The first kappa shape index (κ1) is 11.0. The molecule has 0 aliphatic heterocycles. The Morgan fingerprint density at radius 2 is 2.06 bits per heavy atom. The van der Waals surface area contributed by atoms with Gasteiger partial charge in [0.1, 0.15) is 17.0 Å². The van der Waals surface area contributed by atoms with E-state index in [2.05, 4.69) is 36.1 Å². The molecule has 2 aromatic rings. The third kappa shape index (κ3) is 1.71. The van der Waals surface area contributed by atoms with Crippen LogP contribution in [0.5, 0.6) is 0 Å². The summed E-state index contributed by atoms with van der Waals surface area (Å²) in [5.74, 6) is 1.01. The molecule has 1 saturated carbocycles. The maximum atomic E-state index is 4.43. The number of nitrogens with one attached hydrogen (secondary N) is 1. The van der Waals surface area contributed by atoms with Crippen LogP contribution in [0.4, 0.5) is 5.82 Å². The summed E-state index contributed by atoms with van der Waals surface area (Å²) in [6.45, 7) is 6.58. The van der Waals surface area contributed by atoms with Crippen molar-refractivity contribution in [1.82, 2.24) is 9.97 Å². The van der Waals surface area contributed by atoms with E-state index in [-0.39, 0.29) is 5.54 Å². The Morgan fingerprint density at radius 3 is 2.71 bits per heavy atom. The van der Waals surface area contributed by atoms with E-state index in [1.54, 1.807) is 17.7 Å². The number of thiophene rings is 1. The second-order valence-corrected chi connectivity index (χ2v) is 6.43. The largest absolute Gasteiger partial charge is 0.364 e. The standard InChI is InChI=1S/C13H17N3S/c1-8-9(2)17-12-10(8)11(14-7-15-12)16-13(3)5-4-6-13/h7H,4-6H2,1-3H3,(H,14,15,16). The first-order chi connectivity index (χ1) is 8.09. The molecule has 0 radical (unpaired) electrons. The van der Waals surface area contributed by atoms with Crippen molar-refractivity contribution in [2.75, 3.05) is 5.32 Å². The van der Waals surface area contributed by atoms with Gasteiger partial charge in [0.25, 0.3) is 0 Å². The summed E-state index contributed by atoms with van der Waals surface area (Å²) in [7, 11) is 0. The Hall–Kier alpha value is -1.16. The van der Waals surface area contributed by atoms with Gasteiger partial charge in [-0.05, 0) is 45.6 Å². The zero-order valence-corrected chi connectivity index (χ0v) is 11.3. The molecule has 0 amide bonds. The van der Waals surface area contributed by atoms with Gasteiger partial charge in [-0.15, -0.1) is 11.3 Å². The second-order valence-electron chi connectivity index (χ2n) is 5.22. The molecule has 4 heteroatoms. The van der Waals surface area contributed by atoms with Crippen molar-refractivity contribution in [3.8, 4) is 0 Å². The van der Waals surface area contributed by atoms with Gasteiger partial charge in [-0.3, -0.25) is 0 Å². The fraction of sp³-hybridized carbons (Fsp3) is 0.538. The summed E-state index contributed by atoms with van der Waals surface area (Å²) in [6.07, 6.45) is 5.46. The highest BCUT2D eigenvalue weighted by Gasteiger charge is 2.32. The first-order valence-electron chi connectivity index (χ1n) is 6.08. The zero-order chi connectivity index (χ0) is 12.0. The molecule has 1 fully saturated rings. The van der Waals surface area contributed by atoms with E-state index < -0.39 is 0 Å². The second kappa shape index (κ2) is 3.67. The molecule has 3 nitrogen and oxygen atoms in total. The van der Waals surface area contributed by atoms with Gasteiger partial charge in [-0.25, -0.2) is 9.97 Å². The van der Waals surface area contributed by atoms with Gasteiger partial charge in [-0.1, -0.05) is 0 Å². The van der Waals surface area contributed by atoms with E-state index in [0.717, 1.165) is 10.6 Å². The summed E-state index contributed by atoms with van der Waals surface area (Å²) >= 11 is 1.75. The van der Waals surface area contributed by atoms with Crippen LogP contribution in [0.15, 0.2) is 6.33 Å². The minimum atomic E-state index is 0.240. The van der Waals surface area contributed by atoms with Crippen molar-refractivity contribution in [1.29, 1.82) is 0 Å². The van der Waals surface area contributed by atoms with Gasteiger partial charge in [0.2, 0.25) is 0 Å². The Bertz CT molecular complexity index is 569. The molecule has 17 heavy (non-hydrogen) atoms. The summed E-state index contributed by atoms with van der Waals surface area (Å²) in [4.78, 5) is 11.2. The Balaban J connectivity index is 2.09. The minimum Gasteiger partial charge on any atom is -0.364 e. The van der Waals surface area contributed by atoms with Gasteiger partial charge in [0.05, 0.1) is 5.39 Å². The lowest BCUT2D eigenvalue weighted by molar-refractivity contribution is 0.306. The fourth-order valence-electron chi connectivity index (χ4n) is 2.40. The monoisotopic (exact) mass is 247 g/mol. The topological polar surface area (TPSA) is 37.8 Å². The van der Waals surface area contributed by atoms with Crippen LogP contribution in [-0.4, -0.2) is 15.5 Å². The molecule has 2 heterocycles. The van der Waals surface area contributed by atoms with Crippen molar-refractivity contribution in [2.45, 2.75) is 45.6 Å². The zero-order valence-electron chi connectivity index (χ0n) is 10.5. The highest BCUT2D eigenvalue weighted by Crippen LogP contribution is 2.38. The number of rotatable bonds is 2. The molecule has 0 aromatic carbocycles. The average Bonchev–Trinajstić information content (AvgIpc) is 2.54. The number of fused-ring (bicyclic) bond motifs is 1. The molecule has 3 rings (SSSR count). The van der Waals surface area contributed by atoms with E-state index >= 15 is 0 Å². The summed E-state index contributed by atoms with van der Waals surface area (Å²) in [5.41, 5.74) is 1.56. The van der Waals surface area contributed by atoms with Crippen molar-refractivity contribution in [2.24, 2.45) is 0 Å². The number of hydrogen-bond acceptors (Lipinski definition) is 4. The molecule has 0 unspecified atom stereocenters. The summed E-state index contributed by atoms with van der Waals surface area (Å²) in [6, 6.07) is 0. The highest BCUT2D eigenvalue weighted by atomic mass is 32.1. The van der Waals surface area contributed by atoms with Crippen LogP contribution in [0.1, 0.15) is 36.6 Å². The van der Waals surface area contributed by atoms with Crippen molar-refractivity contribution in [3.05, 3.63) is 16.8 Å². The number of anilines is 1.